The predicted molar refractivity (Wildman–Crippen MR) is 59.2 cm³/mol. The zero-order chi connectivity index (χ0) is 12.4. The van der Waals surface area contributed by atoms with E-state index in [9.17, 15) is 4.79 Å². The number of rotatable bonds is 2. The molecule has 2 heterocycles. The Kier molecular flexibility index (Phi) is 2.62. The average Bonchev–Trinajstić information content (AvgIpc) is 2.84. The Hall–Kier alpha value is -2.62. The second-order valence-corrected chi connectivity index (χ2v) is 3.52. The van der Waals surface area contributed by atoms with E-state index in [2.05, 4.69) is 20.6 Å². The van der Waals surface area contributed by atoms with Crippen LogP contribution in [0.2, 0.25) is 0 Å². The van der Waals surface area contributed by atoms with Crippen LogP contribution < -0.4 is 5.32 Å². The summed E-state index contributed by atoms with van der Waals surface area (Å²) in [6, 6.07) is 3.59. The van der Waals surface area contributed by atoms with Crippen LogP contribution in [0.5, 0.6) is 0 Å². The molecule has 0 radical (unpaired) electrons. The van der Waals surface area contributed by atoms with Crippen LogP contribution in [-0.4, -0.2) is 25.9 Å². The first-order valence-electron chi connectivity index (χ1n) is 4.87. The predicted octanol–water partition coefficient (Wildman–Crippen LogP) is 0.576. The number of hydrogen-bond acceptors (Lipinski definition) is 4. The summed E-state index contributed by atoms with van der Waals surface area (Å²) in [6.45, 7) is 1.80. The van der Waals surface area contributed by atoms with Crippen molar-refractivity contribution in [3.8, 4) is 6.07 Å². The molecule has 2 aromatic rings. The summed E-state index contributed by atoms with van der Waals surface area (Å²) < 4.78 is 1.48. The normalized spacial score (nSPS) is 9.94. The smallest absolute Gasteiger partial charge is 0.275 e. The molecule has 0 fully saturated rings. The monoisotopic (exact) mass is 230 g/mol. The van der Waals surface area contributed by atoms with Gasteiger partial charge >= 0.3 is 0 Å². The molecule has 0 aliphatic carbocycles. The summed E-state index contributed by atoms with van der Waals surface area (Å²) in [5.41, 5.74) is 1.46. The van der Waals surface area contributed by atoms with Gasteiger partial charge in [-0.2, -0.15) is 15.5 Å². The number of anilines is 1. The number of amides is 1. The summed E-state index contributed by atoms with van der Waals surface area (Å²) >= 11 is 0. The molecular weight excluding hydrogens is 220 g/mol. The molecule has 0 aliphatic rings. The van der Waals surface area contributed by atoms with E-state index >= 15 is 0 Å². The maximum absolute atomic E-state index is 11.9. The molecule has 2 rings (SSSR count). The molecular formula is C10H10N6O. The number of nitrogens with zero attached hydrogens (tertiary/aromatic N) is 4. The molecule has 0 aliphatic heterocycles. The van der Waals surface area contributed by atoms with Gasteiger partial charge < -0.3 is 5.32 Å². The molecule has 1 amide bonds. The minimum absolute atomic E-state index is 0.288. The van der Waals surface area contributed by atoms with Gasteiger partial charge in [-0.1, -0.05) is 0 Å². The minimum atomic E-state index is -0.339. The van der Waals surface area contributed by atoms with Crippen LogP contribution in [0.25, 0.3) is 0 Å². The minimum Gasteiger partial charge on any atom is -0.304 e. The fourth-order valence-electron chi connectivity index (χ4n) is 1.47. The summed E-state index contributed by atoms with van der Waals surface area (Å²) in [5.74, 6) is -0.0507. The van der Waals surface area contributed by atoms with E-state index in [0.717, 1.165) is 5.69 Å². The second-order valence-electron chi connectivity index (χ2n) is 3.52. The fourth-order valence-corrected chi connectivity index (χ4v) is 1.47. The van der Waals surface area contributed by atoms with Gasteiger partial charge in [-0.25, -0.2) is 0 Å². The van der Waals surface area contributed by atoms with Gasteiger partial charge in [-0.05, 0) is 13.0 Å². The summed E-state index contributed by atoms with van der Waals surface area (Å²) in [5, 5.41) is 21.6. The Morgan fingerprint density at radius 3 is 3.00 bits per heavy atom. The van der Waals surface area contributed by atoms with Crippen molar-refractivity contribution in [2.24, 2.45) is 7.05 Å². The Labute approximate surface area is 97.1 Å². The van der Waals surface area contributed by atoms with Crippen LogP contribution in [0.15, 0.2) is 12.3 Å². The molecule has 17 heavy (non-hydrogen) atoms. The molecule has 0 saturated heterocycles. The van der Waals surface area contributed by atoms with Crippen molar-refractivity contribution in [3.63, 3.8) is 0 Å². The van der Waals surface area contributed by atoms with E-state index in [1.54, 1.807) is 20.0 Å². The van der Waals surface area contributed by atoms with E-state index in [0.29, 0.717) is 5.69 Å². The zero-order valence-corrected chi connectivity index (χ0v) is 9.35. The molecule has 0 bridgehead atoms. The highest BCUT2D eigenvalue weighted by atomic mass is 16.2. The first-order valence-corrected chi connectivity index (χ1v) is 4.87. The van der Waals surface area contributed by atoms with Gasteiger partial charge in [-0.15, -0.1) is 0 Å². The molecule has 7 nitrogen and oxygen atoms in total. The van der Waals surface area contributed by atoms with Gasteiger partial charge in [0.25, 0.3) is 5.91 Å². The number of aromatic amines is 1. The van der Waals surface area contributed by atoms with Gasteiger partial charge in [0, 0.05) is 7.05 Å². The third-order valence-corrected chi connectivity index (χ3v) is 2.23. The third-order valence-electron chi connectivity index (χ3n) is 2.23. The number of nitriles is 1. The molecule has 0 saturated carbocycles. The number of aromatic nitrogens is 4. The van der Waals surface area contributed by atoms with Gasteiger partial charge in [0.2, 0.25) is 0 Å². The standard InChI is InChI=1S/C10H10N6O/c1-6-3-8(16(2)15-6)10(17)13-9-7(4-11)5-12-14-9/h3,5H,1-2H3,(H2,12,13,14,17). The van der Waals surface area contributed by atoms with Crippen LogP contribution >= 0.6 is 0 Å². The van der Waals surface area contributed by atoms with E-state index in [1.807, 2.05) is 6.07 Å². The Morgan fingerprint density at radius 1 is 1.65 bits per heavy atom. The molecule has 2 aromatic heterocycles. The van der Waals surface area contributed by atoms with Crippen LogP contribution in [-0.2, 0) is 7.05 Å². The van der Waals surface area contributed by atoms with Crippen molar-refractivity contribution < 1.29 is 4.79 Å². The van der Waals surface area contributed by atoms with Gasteiger partial charge in [0.15, 0.2) is 0 Å². The largest absolute Gasteiger partial charge is 0.304 e. The number of hydrogen-bond donors (Lipinski definition) is 2. The first kappa shape index (κ1) is 10.9. The van der Waals surface area contributed by atoms with Gasteiger partial charge in [0.05, 0.1) is 11.9 Å². The van der Waals surface area contributed by atoms with Crippen molar-refractivity contribution in [2.45, 2.75) is 6.92 Å². The van der Waals surface area contributed by atoms with Crippen molar-refractivity contribution in [1.82, 2.24) is 20.0 Å². The second kappa shape index (κ2) is 4.09. The number of H-pyrrole nitrogens is 1. The number of aryl methyl sites for hydroxylation is 2. The van der Waals surface area contributed by atoms with Crippen molar-refractivity contribution in [1.29, 1.82) is 5.26 Å². The molecule has 2 N–H and O–H groups in total. The SMILES string of the molecule is Cc1cc(C(=O)Nc2[nH]ncc2C#N)n(C)n1. The molecule has 0 spiro atoms. The van der Waals surface area contributed by atoms with Crippen molar-refractivity contribution in [3.05, 3.63) is 29.2 Å². The topological polar surface area (TPSA) is 99.4 Å². The van der Waals surface area contributed by atoms with E-state index in [4.69, 9.17) is 5.26 Å². The van der Waals surface area contributed by atoms with Crippen molar-refractivity contribution in [2.75, 3.05) is 5.32 Å². The highest BCUT2D eigenvalue weighted by Gasteiger charge is 2.14. The van der Waals surface area contributed by atoms with E-state index < -0.39 is 0 Å². The summed E-state index contributed by atoms with van der Waals surface area (Å²) in [7, 11) is 1.68. The van der Waals surface area contributed by atoms with Crippen LogP contribution in [0.4, 0.5) is 5.82 Å². The summed E-state index contributed by atoms with van der Waals surface area (Å²) in [6.07, 6.45) is 1.35. The Bertz CT molecular complexity index is 603. The molecule has 0 atom stereocenters. The molecule has 0 unspecified atom stereocenters. The lowest BCUT2D eigenvalue weighted by molar-refractivity contribution is 0.101. The van der Waals surface area contributed by atoms with E-state index in [1.165, 1.54) is 10.9 Å². The quantitative estimate of drug-likeness (QED) is 0.787. The molecule has 86 valence electrons. The number of carbonyl (C=O) groups excluding carboxylic acids is 1. The number of carbonyl (C=O) groups is 1. The van der Waals surface area contributed by atoms with E-state index in [-0.39, 0.29) is 17.3 Å². The molecule has 0 aromatic carbocycles. The van der Waals surface area contributed by atoms with Gasteiger partial charge in [-0.3, -0.25) is 14.6 Å². The maximum atomic E-state index is 11.9. The van der Waals surface area contributed by atoms with Crippen LogP contribution in [0.1, 0.15) is 21.7 Å². The lowest BCUT2D eigenvalue weighted by Crippen LogP contribution is -2.16. The van der Waals surface area contributed by atoms with Crippen LogP contribution in [0, 0.1) is 18.3 Å². The Morgan fingerprint density at radius 2 is 2.41 bits per heavy atom. The number of nitrogens with one attached hydrogen (secondary N) is 2. The Balaban J connectivity index is 2.24. The zero-order valence-electron chi connectivity index (χ0n) is 9.35. The highest BCUT2D eigenvalue weighted by molar-refractivity contribution is 6.03. The lowest BCUT2D eigenvalue weighted by Gasteiger charge is -2.02. The maximum Gasteiger partial charge on any atom is 0.275 e. The van der Waals surface area contributed by atoms with Crippen LogP contribution in [0.3, 0.4) is 0 Å². The average molecular weight is 230 g/mol. The van der Waals surface area contributed by atoms with Gasteiger partial charge in [0.1, 0.15) is 23.1 Å². The lowest BCUT2D eigenvalue weighted by atomic mass is 10.3. The summed E-state index contributed by atoms with van der Waals surface area (Å²) in [4.78, 5) is 11.9. The highest BCUT2D eigenvalue weighted by Crippen LogP contribution is 2.11. The molecule has 7 heteroatoms. The van der Waals surface area contributed by atoms with Crippen molar-refractivity contribution >= 4 is 11.7 Å². The first-order chi connectivity index (χ1) is 8.11. The fraction of sp³-hybridized carbons (Fsp3) is 0.200. The third kappa shape index (κ3) is 2.01.